The Labute approximate surface area is 99.0 Å². The molecule has 2 rings (SSSR count). The zero-order valence-corrected chi connectivity index (χ0v) is 9.46. The van der Waals surface area contributed by atoms with Gasteiger partial charge < -0.3 is 19.7 Å². The molecule has 0 aliphatic heterocycles. The number of ether oxygens (including phenoxy) is 1. The Morgan fingerprint density at radius 1 is 1.41 bits per heavy atom. The molecule has 0 aliphatic carbocycles. The van der Waals surface area contributed by atoms with E-state index in [-0.39, 0.29) is 6.61 Å². The van der Waals surface area contributed by atoms with Gasteiger partial charge in [-0.25, -0.2) is 0 Å². The molecule has 0 radical (unpaired) electrons. The number of hydrogen-bond acceptors (Lipinski definition) is 5. The van der Waals surface area contributed by atoms with Crippen LogP contribution in [0, 0.1) is 0 Å². The highest BCUT2D eigenvalue weighted by Crippen LogP contribution is 2.27. The molecule has 1 atom stereocenters. The van der Waals surface area contributed by atoms with Gasteiger partial charge in [0.2, 0.25) is 5.88 Å². The Hall–Kier alpha value is -1.85. The number of aromatic nitrogens is 1. The average Bonchev–Trinajstić information content (AvgIpc) is 2.78. The van der Waals surface area contributed by atoms with Gasteiger partial charge in [0.15, 0.2) is 0 Å². The van der Waals surface area contributed by atoms with Gasteiger partial charge in [-0.15, -0.1) is 0 Å². The summed E-state index contributed by atoms with van der Waals surface area (Å²) in [7, 11) is 1.52. The standard InChI is InChI=1S/C12H14N2O3/c1-16-8-11(15)14-12-10(7-13-17-12)9-5-3-2-4-6-9/h2-7,11,14-15H,8H2,1H3. The predicted octanol–water partition coefficient (Wildman–Crippen LogP) is 1.72. The third-order valence-electron chi connectivity index (χ3n) is 2.28. The molecule has 1 unspecified atom stereocenters. The van der Waals surface area contributed by atoms with E-state index in [1.54, 1.807) is 6.20 Å². The molecule has 0 saturated carbocycles. The van der Waals surface area contributed by atoms with Gasteiger partial charge in [-0.2, -0.15) is 0 Å². The summed E-state index contributed by atoms with van der Waals surface area (Å²) in [4.78, 5) is 0. The van der Waals surface area contributed by atoms with Crippen LogP contribution in [-0.4, -0.2) is 30.2 Å². The summed E-state index contributed by atoms with van der Waals surface area (Å²) in [6.07, 6.45) is 0.785. The van der Waals surface area contributed by atoms with E-state index in [9.17, 15) is 5.11 Å². The maximum absolute atomic E-state index is 9.57. The molecular formula is C12H14N2O3. The molecule has 0 saturated heterocycles. The molecule has 17 heavy (non-hydrogen) atoms. The van der Waals surface area contributed by atoms with Crippen molar-refractivity contribution in [2.45, 2.75) is 6.23 Å². The van der Waals surface area contributed by atoms with Crippen LogP contribution in [-0.2, 0) is 4.74 Å². The molecule has 2 aromatic rings. The molecule has 5 nitrogen and oxygen atoms in total. The van der Waals surface area contributed by atoms with Gasteiger partial charge in [-0.05, 0) is 5.56 Å². The molecular weight excluding hydrogens is 220 g/mol. The topological polar surface area (TPSA) is 67.5 Å². The van der Waals surface area contributed by atoms with Crippen molar-refractivity contribution >= 4 is 5.88 Å². The smallest absolute Gasteiger partial charge is 0.234 e. The monoisotopic (exact) mass is 234 g/mol. The first kappa shape index (κ1) is 11.6. The Morgan fingerprint density at radius 3 is 2.88 bits per heavy atom. The van der Waals surface area contributed by atoms with Gasteiger partial charge in [0.25, 0.3) is 0 Å². The summed E-state index contributed by atoms with van der Waals surface area (Å²) in [5.74, 6) is 0.431. The minimum absolute atomic E-state index is 0.176. The summed E-state index contributed by atoms with van der Waals surface area (Å²) in [6.45, 7) is 0.176. The van der Waals surface area contributed by atoms with E-state index >= 15 is 0 Å². The van der Waals surface area contributed by atoms with Crippen LogP contribution in [0.4, 0.5) is 5.88 Å². The minimum atomic E-state index is -0.824. The predicted molar refractivity (Wildman–Crippen MR) is 63.4 cm³/mol. The highest BCUT2D eigenvalue weighted by Gasteiger charge is 2.13. The maximum Gasteiger partial charge on any atom is 0.234 e. The van der Waals surface area contributed by atoms with E-state index in [0.29, 0.717) is 5.88 Å². The summed E-state index contributed by atoms with van der Waals surface area (Å²) >= 11 is 0. The zero-order chi connectivity index (χ0) is 12.1. The van der Waals surface area contributed by atoms with Gasteiger partial charge >= 0.3 is 0 Å². The first-order chi connectivity index (χ1) is 8.31. The molecule has 0 fully saturated rings. The summed E-state index contributed by atoms with van der Waals surface area (Å²) in [5.41, 5.74) is 1.78. The second-order valence-corrected chi connectivity index (χ2v) is 3.55. The Balaban J connectivity index is 2.18. The number of anilines is 1. The van der Waals surface area contributed by atoms with Gasteiger partial charge in [0.1, 0.15) is 6.23 Å². The second-order valence-electron chi connectivity index (χ2n) is 3.55. The fourth-order valence-corrected chi connectivity index (χ4v) is 1.52. The number of methoxy groups -OCH3 is 1. The van der Waals surface area contributed by atoms with Gasteiger partial charge in [-0.3, -0.25) is 0 Å². The molecule has 2 N–H and O–H groups in total. The van der Waals surface area contributed by atoms with E-state index in [1.807, 2.05) is 30.3 Å². The number of rotatable bonds is 5. The summed E-state index contributed by atoms with van der Waals surface area (Å²) in [5, 5.41) is 16.1. The Bertz CT molecular complexity index is 456. The molecule has 0 bridgehead atoms. The quantitative estimate of drug-likeness (QED) is 0.771. The van der Waals surface area contributed by atoms with Crippen molar-refractivity contribution in [3.63, 3.8) is 0 Å². The van der Waals surface area contributed by atoms with Gasteiger partial charge in [-0.1, -0.05) is 35.5 Å². The lowest BCUT2D eigenvalue weighted by Gasteiger charge is -2.11. The van der Waals surface area contributed by atoms with E-state index in [1.165, 1.54) is 7.11 Å². The third-order valence-corrected chi connectivity index (χ3v) is 2.28. The van der Waals surface area contributed by atoms with Crippen LogP contribution in [0.3, 0.4) is 0 Å². The fourth-order valence-electron chi connectivity index (χ4n) is 1.52. The number of aliphatic hydroxyl groups is 1. The van der Waals surface area contributed by atoms with E-state index in [4.69, 9.17) is 9.26 Å². The normalized spacial score (nSPS) is 12.4. The van der Waals surface area contributed by atoms with Crippen molar-refractivity contribution in [1.82, 2.24) is 5.16 Å². The number of nitrogens with one attached hydrogen (secondary N) is 1. The number of benzene rings is 1. The summed E-state index contributed by atoms with van der Waals surface area (Å²) in [6, 6.07) is 9.68. The SMILES string of the molecule is COCC(O)Nc1oncc1-c1ccccc1. The molecule has 0 amide bonds. The third kappa shape index (κ3) is 2.83. The lowest BCUT2D eigenvalue weighted by atomic mass is 10.1. The maximum atomic E-state index is 9.57. The highest BCUT2D eigenvalue weighted by molar-refractivity contribution is 5.73. The Kier molecular flexibility index (Phi) is 3.74. The van der Waals surface area contributed by atoms with Crippen LogP contribution in [0.1, 0.15) is 0 Å². The number of nitrogens with zero attached hydrogens (tertiary/aromatic N) is 1. The molecule has 5 heteroatoms. The molecule has 1 heterocycles. The van der Waals surface area contributed by atoms with Crippen LogP contribution in [0.5, 0.6) is 0 Å². The van der Waals surface area contributed by atoms with Crippen LogP contribution < -0.4 is 5.32 Å². The van der Waals surface area contributed by atoms with Crippen molar-refractivity contribution < 1.29 is 14.4 Å². The van der Waals surface area contributed by atoms with Gasteiger partial charge in [0, 0.05) is 7.11 Å². The largest absolute Gasteiger partial charge is 0.380 e. The first-order valence-electron chi connectivity index (χ1n) is 5.25. The summed E-state index contributed by atoms with van der Waals surface area (Å²) < 4.78 is 9.88. The van der Waals surface area contributed by atoms with E-state index in [0.717, 1.165) is 11.1 Å². The highest BCUT2D eigenvalue weighted by atomic mass is 16.5. The lowest BCUT2D eigenvalue weighted by molar-refractivity contribution is 0.0802. The van der Waals surface area contributed by atoms with Crippen molar-refractivity contribution in [1.29, 1.82) is 0 Å². The second kappa shape index (κ2) is 5.47. The van der Waals surface area contributed by atoms with Gasteiger partial charge in [0.05, 0.1) is 18.4 Å². The number of hydrogen-bond donors (Lipinski definition) is 2. The molecule has 0 spiro atoms. The molecule has 0 aliphatic rings. The molecule has 1 aromatic heterocycles. The molecule has 1 aromatic carbocycles. The first-order valence-corrected chi connectivity index (χ1v) is 5.25. The average molecular weight is 234 g/mol. The molecule has 90 valence electrons. The van der Waals surface area contributed by atoms with Crippen molar-refractivity contribution in [3.05, 3.63) is 36.5 Å². The zero-order valence-electron chi connectivity index (χ0n) is 9.46. The van der Waals surface area contributed by atoms with Crippen molar-refractivity contribution in [2.24, 2.45) is 0 Å². The lowest BCUT2D eigenvalue weighted by Crippen LogP contribution is -2.23. The Morgan fingerprint density at radius 2 is 2.18 bits per heavy atom. The fraction of sp³-hybridized carbons (Fsp3) is 0.250. The van der Waals surface area contributed by atoms with Crippen LogP contribution in [0.25, 0.3) is 11.1 Å². The van der Waals surface area contributed by atoms with E-state index < -0.39 is 6.23 Å². The number of aliphatic hydroxyl groups excluding tert-OH is 1. The van der Waals surface area contributed by atoms with Crippen LogP contribution in [0.15, 0.2) is 41.1 Å². The minimum Gasteiger partial charge on any atom is -0.380 e. The van der Waals surface area contributed by atoms with Crippen LogP contribution >= 0.6 is 0 Å². The van der Waals surface area contributed by atoms with Crippen LogP contribution in [0.2, 0.25) is 0 Å². The van der Waals surface area contributed by atoms with E-state index in [2.05, 4.69) is 10.5 Å². The van der Waals surface area contributed by atoms with Crippen molar-refractivity contribution in [2.75, 3.05) is 19.0 Å². The van der Waals surface area contributed by atoms with Crippen molar-refractivity contribution in [3.8, 4) is 11.1 Å².